The summed E-state index contributed by atoms with van der Waals surface area (Å²) < 4.78 is 0. The van der Waals surface area contributed by atoms with Crippen LogP contribution in [0.3, 0.4) is 0 Å². The van der Waals surface area contributed by atoms with Crippen LogP contribution in [0.5, 0.6) is 0 Å². The number of hydrogen-bond donors (Lipinski definition) is 1. The van der Waals surface area contributed by atoms with Crippen LogP contribution < -0.4 is 5.73 Å². The van der Waals surface area contributed by atoms with E-state index in [9.17, 15) is 0 Å². The van der Waals surface area contributed by atoms with Crippen LogP contribution in [0.15, 0.2) is 17.0 Å². The zero-order valence-electron chi connectivity index (χ0n) is 6.14. The molecule has 53 valence electrons. The Morgan fingerprint density at radius 3 is 2.00 bits per heavy atom. The quantitative estimate of drug-likeness (QED) is 0.568. The third-order valence-electron chi connectivity index (χ3n) is 1.57. The van der Waals surface area contributed by atoms with Gasteiger partial charge in [0.1, 0.15) is 0 Å². The molecule has 2 heteroatoms. The van der Waals surface area contributed by atoms with Crippen molar-refractivity contribution in [1.29, 1.82) is 0 Å². The molecule has 2 N–H and O–H groups in total. The van der Waals surface area contributed by atoms with Crippen LogP contribution in [-0.4, -0.2) is 0 Å². The number of hydrogen-bond acceptors (Lipinski definition) is 1. The van der Waals surface area contributed by atoms with E-state index in [2.05, 4.69) is 0 Å². The minimum Gasteiger partial charge on any atom is -0.398 e. The van der Waals surface area contributed by atoms with E-state index < -0.39 is 0 Å². The molecule has 1 aromatic carbocycles. The lowest BCUT2D eigenvalue weighted by atomic mass is 10.1. The second-order valence-corrected chi connectivity index (χ2v) is 2.94. The molecule has 1 rings (SSSR count). The lowest BCUT2D eigenvalue weighted by Gasteiger charge is -2.03. The highest BCUT2D eigenvalue weighted by atomic mass is 32.1. The topological polar surface area (TPSA) is 26.0 Å². The maximum atomic E-state index is 5.70. The van der Waals surface area contributed by atoms with Gasteiger partial charge in [0.2, 0.25) is 0 Å². The normalized spacial score (nSPS) is 9.80. The highest BCUT2D eigenvalue weighted by molar-refractivity contribution is 7.80. The highest BCUT2D eigenvalue weighted by Gasteiger charge is 1.98. The Morgan fingerprint density at radius 2 is 1.60 bits per heavy atom. The van der Waals surface area contributed by atoms with E-state index in [1.807, 2.05) is 26.0 Å². The molecule has 0 bridgehead atoms. The molecule has 0 aromatic heterocycles. The Bertz CT molecular complexity index is 232. The molecule has 0 atom stereocenters. The Balaban J connectivity index is 3.31. The van der Waals surface area contributed by atoms with E-state index in [4.69, 9.17) is 18.4 Å². The van der Waals surface area contributed by atoms with Gasteiger partial charge < -0.3 is 5.73 Å². The zero-order valence-corrected chi connectivity index (χ0v) is 6.96. The first-order chi connectivity index (χ1) is 4.61. The van der Waals surface area contributed by atoms with E-state index in [1.165, 1.54) is 0 Å². The minimum atomic E-state index is 0.855. The molecule has 0 fully saturated rings. The van der Waals surface area contributed by atoms with Crippen molar-refractivity contribution in [2.24, 2.45) is 0 Å². The van der Waals surface area contributed by atoms with Gasteiger partial charge in [0.25, 0.3) is 0 Å². The van der Waals surface area contributed by atoms with E-state index in [0.717, 1.165) is 21.7 Å². The fraction of sp³-hybridized carbons (Fsp3) is 0.250. The van der Waals surface area contributed by atoms with Gasteiger partial charge in [-0.05, 0) is 37.1 Å². The molecule has 0 saturated carbocycles. The standard InChI is InChI=1S/C8H10NS/c1-5-3-7(10)4-6(2)8(5)9/h3-4H,9H2,1-2H3. The molecule has 0 unspecified atom stereocenters. The predicted octanol–water partition coefficient (Wildman–Crippen LogP) is 2.44. The van der Waals surface area contributed by atoms with Gasteiger partial charge in [-0.15, -0.1) is 0 Å². The number of nitrogen functional groups attached to an aromatic ring is 1. The lowest BCUT2D eigenvalue weighted by Crippen LogP contribution is -1.92. The molecule has 1 aromatic rings. The average molecular weight is 152 g/mol. The van der Waals surface area contributed by atoms with E-state index in [0.29, 0.717) is 0 Å². The molecule has 0 saturated heterocycles. The van der Waals surface area contributed by atoms with Crippen molar-refractivity contribution in [3.8, 4) is 0 Å². The fourth-order valence-corrected chi connectivity index (χ4v) is 1.29. The number of aryl methyl sites for hydroxylation is 2. The summed E-state index contributed by atoms with van der Waals surface area (Å²) in [5.74, 6) is 0. The van der Waals surface area contributed by atoms with E-state index in [1.54, 1.807) is 0 Å². The summed E-state index contributed by atoms with van der Waals surface area (Å²) in [7, 11) is 0. The first-order valence-electron chi connectivity index (χ1n) is 3.15. The lowest BCUT2D eigenvalue weighted by molar-refractivity contribution is 1.31. The van der Waals surface area contributed by atoms with Gasteiger partial charge in [-0.25, -0.2) is 0 Å². The molecule has 0 aliphatic heterocycles. The Kier molecular flexibility index (Phi) is 1.81. The second kappa shape index (κ2) is 2.46. The van der Waals surface area contributed by atoms with Gasteiger partial charge in [-0.3, -0.25) is 0 Å². The van der Waals surface area contributed by atoms with E-state index in [-0.39, 0.29) is 0 Å². The third kappa shape index (κ3) is 1.21. The number of rotatable bonds is 0. The third-order valence-corrected chi connectivity index (χ3v) is 1.80. The minimum absolute atomic E-state index is 0.855. The molecule has 0 spiro atoms. The van der Waals surface area contributed by atoms with E-state index >= 15 is 0 Å². The van der Waals surface area contributed by atoms with Crippen molar-refractivity contribution in [2.75, 3.05) is 5.73 Å². The molecule has 1 nitrogen and oxygen atoms in total. The van der Waals surface area contributed by atoms with Gasteiger partial charge in [-0.1, -0.05) is 12.6 Å². The second-order valence-electron chi connectivity index (χ2n) is 2.47. The van der Waals surface area contributed by atoms with Crippen molar-refractivity contribution in [1.82, 2.24) is 0 Å². The summed E-state index contributed by atoms with van der Waals surface area (Å²) in [6, 6.07) is 3.83. The van der Waals surface area contributed by atoms with Crippen molar-refractivity contribution in [3.05, 3.63) is 23.3 Å². The van der Waals surface area contributed by atoms with Crippen LogP contribution in [0.4, 0.5) is 5.69 Å². The molecule has 0 heterocycles. The largest absolute Gasteiger partial charge is 0.398 e. The maximum Gasteiger partial charge on any atom is 0.0383 e. The summed E-state index contributed by atoms with van der Waals surface area (Å²) in [5.41, 5.74) is 8.71. The Hall–Kier alpha value is -0.760. The van der Waals surface area contributed by atoms with Crippen molar-refractivity contribution in [3.63, 3.8) is 0 Å². The maximum absolute atomic E-state index is 5.70. The van der Waals surface area contributed by atoms with Gasteiger partial charge in [-0.2, -0.15) is 0 Å². The van der Waals surface area contributed by atoms with Crippen LogP contribution >= 0.6 is 12.6 Å². The summed E-state index contributed by atoms with van der Waals surface area (Å²) in [6.07, 6.45) is 0. The number of anilines is 1. The average Bonchev–Trinajstić information content (AvgIpc) is 1.82. The van der Waals surface area contributed by atoms with Gasteiger partial charge in [0, 0.05) is 10.6 Å². The smallest absolute Gasteiger partial charge is 0.0383 e. The molecule has 0 aliphatic rings. The van der Waals surface area contributed by atoms with Crippen molar-refractivity contribution < 1.29 is 0 Å². The highest BCUT2D eigenvalue weighted by Crippen LogP contribution is 2.20. The zero-order chi connectivity index (χ0) is 7.72. The Morgan fingerprint density at radius 1 is 1.20 bits per heavy atom. The molecule has 0 aliphatic carbocycles. The monoisotopic (exact) mass is 152 g/mol. The van der Waals surface area contributed by atoms with Crippen molar-refractivity contribution >= 4 is 18.3 Å². The van der Waals surface area contributed by atoms with Crippen LogP contribution in [0, 0.1) is 13.8 Å². The van der Waals surface area contributed by atoms with Crippen LogP contribution in [0.2, 0.25) is 0 Å². The summed E-state index contributed by atoms with van der Waals surface area (Å²) in [4.78, 5) is 0.865. The van der Waals surface area contributed by atoms with Crippen molar-refractivity contribution in [2.45, 2.75) is 18.7 Å². The molecular formula is C8H10NS. The van der Waals surface area contributed by atoms with Gasteiger partial charge >= 0.3 is 0 Å². The fourth-order valence-electron chi connectivity index (χ4n) is 0.935. The Labute approximate surface area is 66.7 Å². The van der Waals surface area contributed by atoms with Gasteiger partial charge in [0.05, 0.1) is 0 Å². The number of benzene rings is 1. The van der Waals surface area contributed by atoms with Gasteiger partial charge in [0.15, 0.2) is 0 Å². The summed E-state index contributed by atoms with van der Waals surface area (Å²) >= 11 is 4.99. The van der Waals surface area contributed by atoms with Crippen LogP contribution in [0.25, 0.3) is 0 Å². The first-order valence-corrected chi connectivity index (χ1v) is 3.56. The predicted molar refractivity (Wildman–Crippen MR) is 46.2 cm³/mol. The first kappa shape index (κ1) is 7.35. The van der Waals surface area contributed by atoms with Crippen LogP contribution in [0.1, 0.15) is 11.1 Å². The number of nitrogens with two attached hydrogens (primary N) is 1. The SMILES string of the molecule is Cc1cc([S])cc(C)c1N. The van der Waals surface area contributed by atoms with Crippen LogP contribution in [-0.2, 0) is 0 Å². The molecule has 0 amide bonds. The molecular weight excluding hydrogens is 142 g/mol. The summed E-state index contributed by atoms with van der Waals surface area (Å²) in [6.45, 7) is 3.94. The molecule has 10 heavy (non-hydrogen) atoms. The summed E-state index contributed by atoms with van der Waals surface area (Å²) in [5, 5.41) is 0. The molecule has 1 radical (unpaired) electrons.